The second kappa shape index (κ2) is 18.8. The number of fused-ring (bicyclic) bond motifs is 2. The van der Waals surface area contributed by atoms with E-state index >= 15 is 0 Å². The fourth-order valence-electron chi connectivity index (χ4n) is 7.83. The number of aliphatic carboxylic acids is 1. The first-order valence-corrected chi connectivity index (χ1v) is 19.8. The third-order valence-corrected chi connectivity index (χ3v) is 10.3. The number of carboxylic acids is 1. The number of ether oxygens (including phenoxy) is 1. The molecule has 11 heteroatoms. The predicted octanol–water partition coefficient (Wildman–Crippen LogP) is 9.74. The van der Waals surface area contributed by atoms with Gasteiger partial charge in [0.05, 0.1) is 31.2 Å². The molecule has 0 aliphatic rings. The minimum atomic E-state index is -1.33. The zero-order chi connectivity index (χ0) is 42.4. The van der Waals surface area contributed by atoms with Crippen molar-refractivity contribution in [1.82, 2.24) is 9.13 Å². The average molecular weight is 805 g/mol. The molecule has 9 nitrogen and oxygen atoms in total. The quantitative estimate of drug-likeness (QED) is 0.0675. The number of benzene rings is 4. The van der Waals surface area contributed by atoms with Gasteiger partial charge in [0.15, 0.2) is 0 Å². The summed E-state index contributed by atoms with van der Waals surface area (Å²) in [5, 5.41) is 44.4. The summed E-state index contributed by atoms with van der Waals surface area (Å²) in [6.07, 6.45) is 0.0797. The topological polar surface area (TPSA) is 134 Å². The Labute approximate surface area is 342 Å². The summed E-state index contributed by atoms with van der Waals surface area (Å²) in [6, 6.07) is 28.1. The molecule has 0 amide bonds. The van der Waals surface area contributed by atoms with Gasteiger partial charge in [0.2, 0.25) is 0 Å². The van der Waals surface area contributed by atoms with Gasteiger partial charge in [0.1, 0.15) is 17.7 Å². The van der Waals surface area contributed by atoms with Crippen LogP contribution < -0.4 is 0 Å². The van der Waals surface area contributed by atoms with Gasteiger partial charge in [-0.25, -0.2) is 8.78 Å². The van der Waals surface area contributed by atoms with Crippen molar-refractivity contribution in [2.24, 2.45) is 0 Å². The summed E-state index contributed by atoms with van der Waals surface area (Å²) in [5.41, 5.74) is 6.72. The number of aromatic nitrogens is 2. The van der Waals surface area contributed by atoms with Gasteiger partial charge in [-0.15, -0.1) is 0 Å². The van der Waals surface area contributed by atoms with E-state index in [4.69, 9.17) is 4.74 Å². The molecule has 6 rings (SSSR count). The number of halogens is 2. The van der Waals surface area contributed by atoms with Crippen molar-refractivity contribution in [2.75, 3.05) is 0 Å². The molecule has 0 bridgehead atoms. The maximum absolute atomic E-state index is 13.9. The van der Waals surface area contributed by atoms with Crippen molar-refractivity contribution in [2.45, 2.75) is 89.9 Å². The summed E-state index contributed by atoms with van der Waals surface area (Å²) in [4.78, 5) is 24.8. The predicted molar refractivity (Wildman–Crippen MR) is 228 cm³/mol. The Kier molecular flexibility index (Phi) is 13.6. The number of carbonyl (C=O) groups is 2. The Morgan fingerprint density at radius 3 is 1.47 bits per heavy atom. The van der Waals surface area contributed by atoms with E-state index in [-0.39, 0.29) is 36.6 Å². The Morgan fingerprint density at radius 1 is 0.627 bits per heavy atom. The van der Waals surface area contributed by atoms with Crippen LogP contribution >= 0.6 is 0 Å². The highest BCUT2D eigenvalue weighted by molar-refractivity contribution is 6.02. The highest BCUT2D eigenvalue weighted by atomic mass is 19.1. The maximum Gasteiger partial charge on any atom is 0.308 e. The Hall–Kier alpha value is -5.88. The van der Waals surface area contributed by atoms with Crippen molar-refractivity contribution in [3.8, 4) is 22.3 Å². The number of aliphatic hydroxyl groups excluding tert-OH is 3. The van der Waals surface area contributed by atoms with Crippen LogP contribution in [0, 0.1) is 11.6 Å². The summed E-state index contributed by atoms with van der Waals surface area (Å²) in [5.74, 6) is -2.84. The fraction of sp³-hybridized carbons (Fsp3) is 0.292. The number of hydrogen-bond acceptors (Lipinski definition) is 6. The molecule has 0 saturated heterocycles. The first-order valence-electron chi connectivity index (χ1n) is 19.8. The summed E-state index contributed by atoms with van der Waals surface area (Å²) >= 11 is 0. The van der Waals surface area contributed by atoms with Crippen molar-refractivity contribution in [1.29, 1.82) is 0 Å². The second-order valence-electron chi connectivity index (χ2n) is 15.4. The summed E-state index contributed by atoms with van der Waals surface area (Å²) in [6.45, 7) is 8.13. The molecule has 0 aliphatic heterocycles. The van der Waals surface area contributed by atoms with Crippen LogP contribution in [0.3, 0.4) is 0 Å². The largest absolute Gasteiger partial charge is 0.481 e. The number of aliphatic hydroxyl groups is 3. The molecule has 0 spiro atoms. The number of carbonyl (C=O) groups excluding carboxylic acids is 1. The lowest BCUT2D eigenvalue weighted by Crippen LogP contribution is -2.28. The summed E-state index contributed by atoms with van der Waals surface area (Å²) < 4.78 is 37.5. The van der Waals surface area contributed by atoms with Crippen molar-refractivity contribution in [3.63, 3.8) is 0 Å². The first kappa shape index (κ1) is 42.7. The van der Waals surface area contributed by atoms with Crippen LogP contribution in [0.4, 0.5) is 8.78 Å². The Balaban J connectivity index is 1.14. The van der Waals surface area contributed by atoms with Gasteiger partial charge in [-0.3, -0.25) is 9.59 Å². The molecular formula is C48H50F2N2O7. The standard InChI is InChI=1S/C48H50F2N2O7/c1-29(2)51-41-11-7-5-9-39(41)47(31-13-17-33(49)18-14-31)43(51)23-21-35(53)25-37(55)27-46(58)59-38(28-45(56)57)26-36(54)22-24-44-48(32-15-19-34(50)20-16-32)40-10-6-8-12-42(40)52(44)30(3)4/h5-24,29-30,35-38,53-55H,25-28H2,1-4H3,(H,56,57)/b23-21+,24-22+/t35-,36-,37-,38-/m0/s1. The van der Waals surface area contributed by atoms with E-state index in [1.54, 1.807) is 36.4 Å². The monoisotopic (exact) mass is 804 g/mol. The molecule has 6 aromatic rings. The van der Waals surface area contributed by atoms with Crippen LogP contribution in [0.15, 0.2) is 109 Å². The van der Waals surface area contributed by atoms with E-state index in [1.807, 2.05) is 76.2 Å². The minimum absolute atomic E-state index is 0.0117. The van der Waals surface area contributed by atoms with Crippen LogP contribution in [-0.4, -0.2) is 65.9 Å². The molecule has 308 valence electrons. The number of carboxylic acid groups (broad SMARTS) is 1. The van der Waals surface area contributed by atoms with Crippen molar-refractivity contribution >= 4 is 45.9 Å². The third-order valence-electron chi connectivity index (χ3n) is 10.3. The van der Waals surface area contributed by atoms with Crippen molar-refractivity contribution < 1.29 is 43.5 Å². The smallest absolute Gasteiger partial charge is 0.308 e. The number of esters is 1. The second-order valence-corrected chi connectivity index (χ2v) is 15.4. The molecule has 0 radical (unpaired) electrons. The third kappa shape index (κ3) is 10.1. The molecule has 2 aromatic heterocycles. The van der Waals surface area contributed by atoms with Crippen molar-refractivity contribution in [3.05, 3.63) is 132 Å². The molecule has 0 saturated carbocycles. The van der Waals surface area contributed by atoms with Crippen LogP contribution in [0.5, 0.6) is 0 Å². The Bertz CT molecular complexity index is 2460. The zero-order valence-electron chi connectivity index (χ0n) is 33.5. The van der Waals surface area contributed by atoms with Gasteiger partial charge in [0, 0.05) is 69.2 Å². The molecule has 4 N–H and O–H groups in total. The zero-order valence-corrected chi connectivity index (χ0v) is 33.5. The van der Waals surface area contributed by atoms with Crippen LogP contribution in [0.25, 0.3) is 56.2 Å². The maximum atomic E-state index is 13.9. The lowest BCUT2D eigenvalue weighted by molar-refractivity contribution is -0.156. The normalized spacial score (nSPS) is 14.2. The molecular weight excluding hydrogens is 755 g/mol. The lowest BCUT2D eigenvalue weighted by Gasteiger charge is -2.20. The van der Waals surface area contributed by atoms with Gasteiger partial charge in [-0.2, -0.15) is 0 Å². The van der Waals surface area contributed by atoms with E-state index in [0.29, 0.717) is 0 Å². The van der Waals surface area contributed by atoms with Gasteiger partial charge < -0.3 is 34.3 Å². The number of nitrogens with zero attached hydrogens (tertiary/aromatic N) is 2. The van der Waals surface area contributed by atoms with E-state index in [1.165, 1.54) is 36.4 Å². The molecule has 0 fully saturated rings. The molecule has 4 aromatic carbocycles. The number of para-hydroxylation sites is 2. The van der Waals surface area contributed by atoms with Crippen LogP contribution in [-0.2, 0) is 14.3 Å². The summed E-state index contributed by atoms with van der Waals surface area (Å²) in [7, 11) is 0. The van der Waals surface area contributed by atoms with E-state index in [2.05, 4.69) is 9.13 Å². The fourth-order valence-corrected chi connectivity index (χ4v) is 7.83. The van der Waals surface area contributed by atoms with Gasteiger partial charge in [-0.1, -0.05) is 72.8 Å². The minimum Gasteiger partial charge on any atom is -0.481 e. The SMILES string of the molecule is CC(C)n1c(/C=C/[C@H](O)C[C@H](O)CC(=O)O[C@H](CC(=O)O)C[C@@H](O)/C=C/c2c(-c3ccc(F)cc3)c3ccccc3n2C(C)C)c(-c2ccc(F)cc2)c2ccccc21. The molecule has 4 atom stereocenters. The average Bonchev–Trinajstić information content (AvgIpc) is 3.69. The van der Waals surface area contributed by atoms with E-state index in [9.17, 15) is 38.8 Å². The number of rotatable bonds is 17. The molecule has 0 unspecified atom stereocenters. The van der Waals surface area contributed by atoms with E-state index < -0.39 is 49.2 Å². The molecule has 0 aliphatic carbocycles. The van der Waals surface area contributed by atoms with E-state index in [0.717, 1.165) is 55.4 Å². The number of hydrogen-bond donors (Lipinski definition) is 4. The van der Waals surface area contributed by atoms with Gasteiger partial charge in [0.25, 0.3) is 0 Å². The van der Waals surface area contributed by atoms with Gasteiger partial charge >= 0.3 is 11.9 Å². The van der Waals surface area contributed by atoms with Gasteiger partial charge in [-0.05, 0) is 87.4 Å². The molecule has 59 heavy (non-hydrogen) atoms. The van der Waals surface area contributed by atoms with Crippen LogP contribution in [0.2, 0.25) is 0 Å². The highest BCUT2D eigenvalue weighted by Gasteiger charge is 2.25. The molecule has 2 heterocycles. The lowest BCUT2D eigenvalue weighted by atomic mass is 10.0. The first-order chi connectivity index (χ1) is 28.2. The highest BCUT2D eigenvalue weighted by Crippen LogP contribution is 2.39. The van der Waals surface area contributed by atoms with Crippen LogP contribution in [0.1, 0.15) is 76.8 Å². The Morgan fingerprint density at radius 2 is 1.05 bits per heavy atom.